The number of aliphatic hydroxyl groups is 1. The van der Waals surface area contributed by atoms with Crippen LogP contribution in [0.4, 0.5) is 18.9 Å². The first-order valence-corrected chi connectivity index (χ1v) is 5.92. The third-order valence-corrected chi connectivity index (χ3v) is 3.38. The molecule has 100 valence electrons. The minimum atomic E-state index is -4.28. The van der Waals surface area contributed by atoms with E-state index in [-0.39, 0.29) is 6.10 Å². The standard InChI is InChI=1S/C13H16F3NO/c1-17(8-9-6-12(18)7-9)11-4-2-10(3-5-11)13(14,15)16/h2-5,9,12,18H,6-8H2,1H3. The molecular weight excluding hydrogens is 243 g/mol. The van der Waals surface area contributed by atoms with Crippen LogP contribution in [0.3, 0.4) is 0 Å². The topological polar surface area (TPSA) is 23.5 Å². The molecule has 0 aromatic heterocycles. The molecule has 1 aliphatic carbocycles. The highest BCUT2D eigenvalue weighted by Crippen LogP contribution is 2.32. The number of halogens is 3. The molecule has 1 fully saturated rings. The van der Waals surface area contributed by atoms with Gasteiger partial charge >= 0.3 is 6.18 Å². The molecule has 1 N–H and O–H groups in total. The van der Waals surface area contributed by atoms with Crippen molar-refractivity contribution >= 4 is 5.69 Å². The first-order chi connectivity index (χ1) is 8.36. The number of aliphatic hydroxyl groups excluding tert-OH is 1. The van der Waals surface area contributed by atoms with Crippen LogP contribution in [0.15, 0.2) is 24.3 Å². The first kappa shape index (κ1) is 13.2. The summed E-state index contributed by atoms with van der Waals surface area (Å²) in [4.78, 5) is 1.93. The predicted octanol–water partition coefficient (Wildman–Crippen LogP) is 2.91. The van der Waals surface area contributed by atoms with Crippen molar-refractivity contribution in [1.29, 1.82) is 0 Å². The van der Waals surface area contributed by atoms with Crippen LogP contribution in [0.2, 0.25) is 0 Å². The van der Waals surface area contributed by atoms with Crippen LogP contribution in [0.25, 0.3) is 0 Å². The number of anilines is 1. The van der Waals surface area contributed by atoms with Crippen molar-refractivity contribution in [2.24, 2.45) is 5.92 Å². The average Bonchev–Trinajstić information content (AvgIpc) is 2.26. The average molecular weight is 259 g/mol. The quantitative estimate of drug-likeness (QED) is 0.902. The minimum absolute atomic E-state index is 0.198. The van der Waals surface area contributed by atoms with Gasteiger partial charge in [0.25, 0.3) is 0 Å². The first-order valence-electron chi connectivity index (χ1n) is 5.92. The lowest BCUT2D eigenvalue weighted by Crippen LogP contribution is -2.37. The summed E-state index contributed by atoms with van der Waals surface area (Å²) < 4.78 is 37.2. The summed E-state index contributed by atoms with van der Waals surface area (Å²) in [5.41, 5.74) is 0.142. The molecule has 0 unspecified atom stereocenters. The van der Waals surface area contributed by atoms with Gasteiger partial charge in [0.2, 0.25) is 0 Å². The Labute approximate surface area is 104 Å². The van der Waals surface area contributed by atoms with Gasteiger partial charge in [-0.15, -0.1) is 0 Å². The second-order valence-corrected chi connectivity index (χ2v) is 4.92. The lowest BCUT2D eigenvalue weighted by Gasteiger charge is -2.35. The lowest BCUT2D eigenvalue weighted by atomic mass is 9.82. The van der Waals surface area contributed by atoms with Crippen molar-refractivity contribution in [3.8, 4) is 0 Å². The third-order valence-electron chi connectivity index (χ3n) is 3.38. The Hall–Kier alpha value is -1.23. The Bertz CT molecular complexity index is 396. The molecule has 0 saturated heterocycles. The summed E-state index contributed by atoms with van der Waals surface area (Å²) in [6.07, 6.45) is -2.92. The molecule has 1 aromatic carbocycles. The summed E-state index contributed by atoms with van der Waals surface area (Å²) in [5.74, 6) is 0.437. The van der Waals surface area contributed by atoms with Gasteiger partial charge in [-0.3, -0.25) is 0 Å². The zero-order chi connectivity index (χ0) is 13.3. The molecular formula is C13H16F3NO. The molecule has 2 rings (SSSR count). The SMILES string of the molecule is CN(CC1CC(O)C1)c1ccc(C(F)(F)F)cc1. The maximum atomic E-state index is 12.4. The lowest BCUT2D eigenvalue weighted by molar-refractivity contribution is -0.137. The van der Waals surface area contributed by atoms with E-state index in [1.807, 2.05) is 11.9 Å². The summed E-state index contributed by atoms with van der Waals surface area (Å²) in [6, 6.07) is 5.17. The van der Waals surface area contributed by atoms with Gasteiger partial charge < -0.3 is 10.0 Å². The molecule has 0 spiro atoms. The number of rotatable bonds is 3. The van der Waals surface area contributed by atoms with Crippen molar-refractivity contribution < 1.29 is 18.3 Å². The highest BCUT2D eigenvalue weighted by Gasteiger charge is 2.30. The second-order valence-electron chi connectivity index (χ2n) is 4.92. The van der Waals surface area contributed by atoms with Crippen LogP contribution >= 0.6 is 0 Å². The summed E-state index contributed by atoms with van der Waals surface area (Å²) in [5, 5.41) is 9.18. The van der Waals surface area contributed by atoms with E-state index in [1.54, 1.807) is 0 Å². The Morgan fingerprint density at radius 2 is 1.78 bits per heavy atom. The van der Waals surface area contributed by atoms with Crippen molar-refractivity contribution in [3.05, 3.63) is 29.8 Å². The van der Waals surface area contributed by atoms with E-state index in [1.165, 1.54) is 12.1 Å². The van der Waals surface area contributed by atoms with Gasteiger partial charge in [0.1, 0.15) is 0 Å². The summed E-state index contributed by atoms with van der Waals surface area (Å²) in [7, 11) is 1.85. The predicted molar refractivity (Wildman–Crippen MR) is 63.4 cm³/mol. The molecule has 5 heteroatoms. The molecule has 2 nitrogen and oxygen atoms in total. The van der Waals surface area contributed by atoms with Crippen molar-refractivity contribution in [3.63, 3.8) is 0 Å². The van der Waals surface area contributed by atoms with E-state index in [9.17, 15) is 18.3 Å². The van der Waals surface area contributed by atoms with Crippen LogP contribution in [0.5, 0.6) is 0 Å². The Morgan fingerprint density at radius 3 is 2.22 bits per heavy atom. The Kier molecular flexibility index (Phi) is 3.52. The second kappa shape index (κ2) is 4.80. The molecule has 0 heterocycles. The van der Waals surface area contributed by atoms with Gasteiger partial charge in [0.15, 0.2) is 0 Å². The zero-order valence-electron chi connectivity index (χ0n) is 10.1. The molecule has 1 aliphatic rings. The Balaban J connectivity index is 1.96. The van der Waals surface area contributed by atoms with E-state index < -0.39 is 11.7 Å². The fraction of sp³-hybridized carbons (Fsp3) is 0.538. The minimum Gasteiger partial charge on any atom is -0.393 e. The fourth-order valence-corrected chi connectivity index (χ4v) is 2.25. The highest BCUT2D eigenvalue weighted by molar-refractivity contribution is 5.47. The molecule has 18 heavy (non-hydrogen) atoms. The molecule has 0 radical (unpaired) electrons. The van der Waals surface area contributed by atoms with E-state index in [4.69, 9.17) is 0 Å². The van der Waals surface area contributed by atoms with Crippen molar-refractivity contribution in [2.75, 3.05) is 18.5 Å². The summed E-state index contributed by atoms with van der Waals surface area (Å²) in [6.45, 7) is 0.766. The number of hydrogen-bond acceptors (Lipinski definition) is 2. The van der Waals surface area contributed by atoms with Crippen LogP contribution < -0.4 is 4.90 Å². The van der Waals surface area contributed by atoms with E-state index in [2.05, 4.69) is 0 Å². The van der Waals surface area contributed by atoms with Crippen LogP contribution in [0, 0.1) is 5.92 Å². The molecule has 0 aliphatic heterocycles. The van der Waals surface area contributed by atoms with Gasteiger partial charge in [0.05, 0.1) is 11.7 Å². The van der Waals surface area contributed by atoms with Gasteiger partial charge in [0, 0.05) is 19.3 Å². The zero-order valence-corrected chi connectivity index (χ0v) is 10.1. The molecule has 1 aromatic rings. The number of alkyl halides is 3. The third kappa shape index (κ3) is 2.96. The van der Waals surface area contributed by atoms with Crippen LogP contribution in [-0.2, 0) is 6.18 Å². The molecule has 0 atom stereocenters. The largest absolute Gasteiger partial charge is 0.416 e. The highest BCUT2D eigenvalue weighted by atomic mass is 19.4. The van der Waals surface area contributed by atoms with Crippen LogP contribution in [-0.4, -0.2) is 24.8 Å². The van der Waals surface area contributed by atoms with Gasteiger partial charge in [-0.25, -0.2) is 0 Å². The number of hydrogen-bond donors (Lipinski definition) is 1. The van der Waals surface area contributed by atoms with Gasteiger partial charge in [-0.1, -0.05) is 0 Å². The maximum Gasteiger partial charge on any atom is 0.416 e. The molecule has 0 amide bonds. The van der Waals surface area contributed by atoms with Gasteiger partial charge in [-0.2, -0.15) is 13.2 Å². The molecule has 0 bridgehead atoms. The smallest absolute Gasteiger partial charge is 0.393 e. The van der Waals surface area contributed by atoms with Gasteiger partial charge in [-0.05, 0) is 43.0 Å². The van der Waals surface area contributed by atoms with E-state index in [0.29, 0.717) is 5.92 Å². The van der Waals surface area contributed by atoms with E-state index in [0.717, 1.165) is 37.2 Å². The summed E-state index contributed by atoms with van der Waals surface area (Å²) >= 11 is 0. The number of benzene rings is 1. The van der Waals surface area contributed by atoms with Crippen molar-refractivity contribution in [1.82, 2.24) is 0 Å². The monoisotopic (exact) mass is 259 g/mol. The molecule has 1 saturated carbocycles. The Morgan fingerprint density at radius 1 is 1.22 bits per heavy atom. The number of nitrogens with zero attached hydrogens (tertiary/aromatic N) is 1. The van der Waals surface area contributed by atoms with E-state index >= 15 is 0 Å². The van der Waals surface area contributed by atoms with Crippen molar-refractivity contribution in [2.45, 2.75) is 25.1 Å². The fourth-order valence-electron chi connectivity index (χ4n) is 2.25. The van der Waals surface area contributed by atoms with Crippen LogP contribution in [0.1, 0.15) is 18.4 Å². The maximum absolute atomic E-state index is 12.4. The normalized spacial score (nSPS) is 23.6.